The van der Waals surface area contributed by atoms with Crippen LogP contribution in [0.1, 0.15) is 12.8 Å². The molecule has 0 aliphatic carbocycles. The predicted octanol–water partition coefficient (Wildman–Crippen LogP) is 2.26. The lowest BCUT2D eigenvalue weighted by atomic mass is 9.97. The maximum Gasteiger partial charge on any atom is 0.254 e. The number of rotatable bonds is 5. The van der Waals surface area contributed by atoms with E-state index in [-0.39, 0.29) is 0 Å². The van der Waals surface area contributed by atoms with Gasteiger partial charge in [0.15, 0.2) is 0 Å². The van der Waals surface area contributed by atoms with Crippen molar-refractivity contribution in [1.82, 2.24) is 29.4 Å². The van der Waals surface area contributed by atoms with Crippen molar-refractivity contribution in [3.63, 3.8) is 0 Å². The summed E-state index contributed by atoms with van der Waals surface area (Å²) in [5.74, 6) is 3.36. The molecule has 31 heavy (non-hydrogen) atoms. The fraction of sp³-hybridized carbons (Fsp3) is 0.522. The molecular weight excluding hydrogens is 390 g/mol. The van der Waals surface area contributed by atoms with Gasteiger partial charge in [-0.05, 0) is 50.0 Å². The van der Waals surface area contributed by atoms with Crippen molar-refractivity contribution in [2.45, 2.75) is 12.8 Å². The summed E-state index contributed by atoms with van der Waals surface area (Å²) >= 11 is 0. The summed E-state index contributed by atoms with van der Waals surface area (Å²) in [6, 6.07) is 8.14. The highest BCUT2D eigenvalue weighted by Crippen LogP contribution is 2.32. The molecule has 2 aliphatic heterocycles. The van der Waals surface area contributed by atoms with Gasteiger partial charge in [0, 0.05) is 51.0 Å². The van der Waals surface area contributed by atoms with Gasteiger partial charge in [0.2, 0.25) is 0 Å². The highest BCUT2D eigenvalue weighted by molar-refractivity contribution is 5.77. The van der Waals surface area contributed by atoms with Gasteiger partial charge in [0.05, 0.1) is 7.11 Å². The van der Waals surface area contributed by atoms with E-state index in [9.17, 15) is 0 Å². The Labute approximate surface area is 183 Å². The average Bonchev–Trinajstić information content (AvgIpc) is 3.28. The predicted molar refractivity (Wildman–Crippen MR) is 122 cm³/mol. The topological polar surface area (TPSA) is 62.0 Å². The molecule has 0 saturated carbocycles. The maximum absolute atomic E-state index is 5.33. The summed E-state index contributed by atoms with van der Waals surface area (Å²) in [6.07, 6.45) is 6.19. The summed E-state index contributed by atoms with van der Waals surface area (Å²) in [5.41, 5.74) is 2.18. The molecule has 1 atom stereocenters. The van der Waals surface area contributed by atoms with Crippen molar-refractivity contribution in [3.8, 4) is 16.9 Å². The van der Waals surface area contributed by atoms with Crippen molar-refractivity contribution < 1.29 is 4.74 Å². The van der Waals surface area contributed by atoms with Crippen LogP contribution in [0.3, 0.4) is 0 Å². The lowest BCUT2D eigenvalue weighted by Crippen LogP contribution is -2.50. The van der Waals surface area contributed by atoms with E-state index in [4.69, 9.17) is 4.74 Å². The van der Waals surface area contributed by atoms with Crippen LogP contribution in [0.25, 0.3) is 16.9 Å². The molecule has 0 bridgehead atoms. The zero-order valence-electron chi connectivity index (χ0n) is 18.4. The van der Waals surface area contributed by atoms with Crippen LogP contribution in [0, 0.1) is 5.92 Å². The number of hydrogen-bond acceptors (Lipinski definition) is 7. The van der Waals surface area contributed by atoms with Crippen LogP contribution < -0.4 is 9.64 Å². The highest BCUT2D eigenvalue weighted by atomic mass is 16.5. The second kappa shape index (κ2) is 8.80. The summed E-state index contributed by atoms with van der Waals surface area (Å²) in [4.78, 5) is 16.4. The number of nitrogens with zero attached hydrogens (tertiary/aromatic N) is 7. The molecule has 2 aromatic heterocycles. The Kier molecular flexibility index (Phi) is 5.74. The number of fused-ring (bicyclic) bond motifs is 1. The van der Waals surface area contributed by atoms with Gasteiger partial charge in [-0.25, -0.2) is 4.98 Å². The van der Waals surface area contributed by atoms with Crippen molar-refractivity contribution in [2.24, 2.45) is 5.92 Å². The fourth-order valence-electron chi connectivity index (χ4n) is 4.98. The first-order valence-corrected chi connectivity index (χ1v) is 11.2. The molecule has 8 nitrogen and oxygen atoms in total. The van der Waals surface area contributed by atoms with Gasteiger partial charge in [-0.3, -0.25) is 4.90 Å². The van der Waals surface area contributed by atoms with Crippen molar-refractivity contribution >= 4 is 11.6 Å². The lowest BCUT2D eigenvalue weighted by molar-refractivity contribution is 0.147. The molecule has 1 aromatic carbocycles. The van der Waals surface area contributed by atoms with E-state index < -0.39 is 0 Å². The van der Waals surface area contributed by atoms with Gasteiger partial charge in [0.1, 0.15) is 17.9 Å². The van der Waals surface area contributed by atoms with E-state index in [0.717, 1.165) is 54.8 Å². The number of aromatic nitrogens is 4. The molecule has 0 unspecified atom stereocenters. The maximum atomic E-state index is 5.33. The molecular formula is C23H31N7O. The van der Waals surface area contributed by atoms with E-state index in [1.807, 2.05) is 22.8 Å². The zero-order chi connectivity index (χ0) is 21.2. The first-order chi connectivity index (χ1) is 15.2. The number of likely N-dealkylation sites (tertiary alicyclic amines) is 1. The number of ether oxygens (including phenoxy) is 1. The van der Waals surface area contributed by atoms with E-state index >= 15 is 0 Å². The Morgan fingerprint density at radius 2 is 1.84 bits per heavy atom. The van der Waals surface area contributed by atoms with Crippen molar-refractivity contribution in [3.05, 3.63) is 36.8 Å². The van der Waals surface area contributed by atoms with Crippen LogP contribution >= 0.6 is 0 Å². The van der Waals surface area contributed by atoms with Crippen LogP contribution in [0.4, 0.5) is 5.82 Å². The molecule has 0 spiro atoms. The first-order valence-electron chi connectivity index (χ1n) is 11.2. The van der Waals surface area contributed by atoms with Crippen molar-refractivity contribution in [2.75, 3.05) is 64.9 Å². The van der Waals surface area contributed by atoms with Gasteiger partial charge in [-0.1, -0.05) is 12.1 Å². The van der Waals surface area contributed by atoms with Crippen LogP contribution in [-0.4, -0.2) is 89.4 Å². The Bertz CT molecular complexity index is 1010. The minimum Gasteiger partial charge on any atom is -0.497 e. The van der Waals surface area contributed by atoms with Gasteiger partial charge in [0.25, 0.3) is 5.78 Å². The molecule has 0 N–H and O–H groups in total. The molecule has 2 aliphatic rings. The summed E-state index contributed by atoms with van der Waals surface area (Å²) in [7, 11) is 3.94. The largest absolute Gasteiger partial charge is 0.497 e. The molecule has 0 amide bonds. The summed E-state index contributed by atoms with van der Waals surface area (Å²) < 4.78 is 7.21. The summed E-state index contributed by atoms with van der Waals surface area (Å²) in [6.45, 7) is 7.77. The minimum atomic E-state index is 0.639. The SMILES string of the molecule is COc1ccc(-c2cnc3ncnn3c2N2CCN(C[C@@H]3CCCN(C)C3)CC2)cc1. The fourth-order valence-corrected chi connectivity index (χ4v) is 4.98. The third-order valence-corrected chi connectivity index (χ3v) is 6.59. The number of benzene rings is 1. The van der Waals surface area contributed by atoms with Gasteiger partial charge in [-0.2, -0.15) is 14.6 Å². The van der Waals surface area contributed by atoms with E-state index in [0.29, 0.717) is 5.78 Å². The van der Waals surface area contributed by atoms with E-state index in [2.05, 4.69) is 48.9 Å². The van der Waals surface area contributed by atoms with Crippen molar-refractivity contribution in [1.29, 1.82) is 0 Å². The molecule has 3 aromatic rings. The van der Waals surface area contributed by atoms with Crippen LogP contribution in [0.15, 0.2) is 36.8 Å². The molecule has 5 rings (SSSR count). The monoisotopic (exact) mass is 421 g/mol. The second-order valence-electron chi connectivity index (χ2n) is 8.75. The smallest absolute Gasteiger partial charge is 0.254 e. The number of hydrogen-bond donors (Lipinski definition) is 0. The minimum absolute atomic E-state index is 0.639. The van der Waals surface area contributed by atoms with E-state index in [1.54, 1.807) is 13.4 Å². The Morgan fingerprint density at radius 1 is 1.03 bits per heavy atom. The third kappa shape index (κ3) is 4.22. The molecule has 2 saturated heterocycles. The molecule has 2 fully saturated rings. The van der Waals surface area contributed by atoms with Crippen LogP contribution in [0.2, 0.25) is 0 Å². The molecule has 164 valence electrons. The summed E-state index contributed by atoms with van der Waals surface area (Å²) in [5, 5.41) is 4.49. The Balaban J connectivity index is 1.36. The number of methoxy groups -OCH3 is 1. The molecule has 8 heteroatoms. The average molecular weight is 422 g/mol. The third-order valence-electron chi connectivity index (χ3n) is 6.59. The van der Waals surface area contributed by atoms with Gasteiger partial charge in [-0.15, -0.1) is 0 Å². The van der Waals surface area contributed by atoms with Crippen LogP contribution in [-0.2, 0) is 0 Å². The zero-order valence-corrected chi connectivity index (χ0v) is 18.4. The second-order valence-corrected chi connectivity index (χ2v) is 8.75. The molecule has 4 heterocycles. The standard InChI is InChI=1S/C23H31N7O/c1-27-9-3-4-18(15-27)16-28-10-12-29(13-11-28)22-21(14-24-23-25-17-26-30(22)23)19-5-7-20(31-2)8-6-19/h5-8,14,17-18H,3-4,9-13,15-16H2,1-2H3/t18-/m1/s1. The lowest BCUT2D eigenvalue weighted by Gasteiger charge is -2.39. The molecule has 0 radical (unpaired) electrons. The highest BCUT2D eigenvalue weighted by Gasteiger charge is 2.26. The van der Waals surface area contributed by atoms with Gasteiger partial charge >= 0.3 is 0 Å². The normalized spacial score (nSPS) is 21.0. The Hall–Kier alpha value is -2.71. The number of piperidine rings is 1. The number of piperazine rings is 1. The first kappa shape index (κ1) is 20.2. The van der Waals surface area contributed by atoms with Gasteiger partial charge < -0.3 is 14.5 Å². The van der Waals surface area contributed by atoms with E-state index in [1.165, 1.54) is 32.5 Å². The quantitative estimate of drug-likeness (QED) is 0.626. The number of anilines is 1. The Morgan fingerprint density at radius 3 is 2.58 bits per heavy atom. The van der Waals surface area contributed by atoms with Crippen LogP contribution in [0.5, 0.6) is 5.75 Å².